The van der Waals surface area contributed by atoms with Crippen molar-refractivity contribution >= 4 is 48.9 Å². The van der Waals surface area contributed by atoms with Crippen molar-refractivity contribution in [2.75, 3.05) is 4.90 Å². The van der Waals surface area contributed by atoms with E-state index in [0.29, 0.717) is 0 Å². The molecule has 0 bridgehead atoms. The molecule has 1 fully saturated rings. The van der Waals surface area contributed by atoms with Crippen molar-refractivity contribution in [2.45, 2.75) is 50.7 Å². The summed E-state index contributed by atoms with van der Waals surface area (Å²) in [5.74, 6) is 0. The SMILES string of the molecule is CC1(C)OC2(CCCC2)c2ccc(-c3cccc(N(c4ccc(Br)cc4)c4ccc(Br)cc4)c3)cc21. The Hall–Kier alpha value is -2.40. The van der Waals surface area contributed by atoms with Gasteiger partial charge < -0.3 is 9.64 Å². The maximum absolute atomic E-state index is 6.74. The van der Waals surface area contributed by atoms with Gasteiger partial charge in [0.2, 0.25) is 0 Å². The molecule has 0 saturated heterocycles. The fourth-order valence-corrected chi connectivity index (χ4v) is 6.52. The van der Waals surface area contributed by atoms with Crippen LogP contribution >= 0.6 is 31.9 Å². The van der Waals surface area contributed by atoms with Crippen LogP contribution in [0.15, 0.2) is 99.9 Å². The smallest absolute Gasteiger partial charge is 0.0946 e. The first-order chi connectivity index (χ1) is 17.3. The first-order valence-corrected chi connectivity index (χ1v) is 14.2. The zero-order valence-corrected chi connectivity index (χ0v) is 23.8. The highest BCUT2D eigenvalue weighted by atomic mass is 79.9. The highest BCUT2D eigenvalue weighted by Crippen LogP contribution is 2.55. The van der Waals surface area contributed by atoms with Crippen molar-refractivity contribution in [3.8, 4) is 11.1 Å². The summed E-state index contributed by atoms with van der Waals surface area (Å²) in [6, 6.07) is 32.8. The Morgan fingerprint density at radius 1 is 0.639 bits per heavy atom. The minimum Gasteiger partial charge on any atom is -0.360 e. The highest BCUT2D eigenvalue weighted by molar-refractivity contribution is 9.10. The van der Waals surface area contributed by atoms with E-state index < -0.39 is 0 Å². The minimum atomic E-state index is -0.270. The highest BCUT2D eigenvalue weighted by Gasteiger charge is 2.50. The molecule has 4 aromatic rings. The van der Waals surface area contributed by atoms with Crippen molar-refractivity contribution in [1.29, 1.82) is 0 Å². The van der Waals surface area contributed by atoms with Crippen LogP contribution in [-0.2, 0) is 15.9 Å². The van der Waals surface area contributed by atoms with Crippen LogP contribution in [0, 0.1) is 0 Å². The van der Waals surface area contributed by atoms with Crippen molar-refractivity contribution in [2.24, 2.45) is 0 Å². The van der Waals surface area contributed by atoms with Crippen molar-refractivity contribution in [3.05, 3.63) is 111 Å². The lowest BCUT2D eigenvalue weighted by molar-refractivity contribution is -0.122. The molecule has 1 aliphatic carbocycles. The van der Waals surface area contributed by atoms with Gasteiger partial charge in [0.1, 0.15) is 0 Å². The Bertz CT molecular complexity index is 1360. The second kappa shape index (κ2) is 9.16. The van der Waals surface area contributed by atoms with Gasteiger partial charge in [-0.2, -0.15) is 0 Å². The van der Waals surface area contributed by atoms with Gasteiger partial charge in [-0.25, -0.2) is 0 Å². The molecular formula is C32H29Br2NO. The van der Waals surface area contributed by atoms with Gasteiger partial charge in [0, 0.05) is 26.0 Å². The first kappa shape index (κ1) is 24.0. The Morgan fingerprint density at radius 2 is 1.22 bits per heavy atom. The molecule has 1 heterocycles. The number of ether oxygens (including phenoxy) is 1. The fraction of sp³-hybridized carbons (Fsp3) is 0.250. The zero-order valence-electron chi connectivity index (χ0n) is 20.6. The topological polar surface area (TPSA) is 12.5 Å². The number of rotatable bonds is 4. The Labute approximate surface area is 230 Å². The standard InChI is InChI=1S/C32H29Br2NO/c1-31(2)30-21-23(8-17-29(30)32(36-31)18-3-4-19-32)22-6-5-7-28(20-22)35(26-13-9-24(33)10-14-26)27-15-11-25(34)12-16-27/h5-17,20-21H,3-4,18-19H2,1-2H3. The summed E-state index contributed by atoms with van der Waals surface area (Å²) in [4.78, 5) is 2.30. The quantitative estimate of drug-likeness (QED) is 0.230. The lowest BCUT2D eigenvalue weighted by atomic mass is 9.85. The van der Waals surface area contributed by atoms with Gasteiger partial charge in [0.25, 0.3) is 0 Å². The molecular weight excluding hydrogens is 574 g/mol. The average Bonchev–Trinajstić information content (AvgIpc) is 3.43. The van der Waals surface area contributed by atoms with Gasteiger partial charge >= 0.3 is 0 Å². The van der Waals surface area contributed by atoms with Gasteiger partial charge in [0.05, 0.1) is 11.2 Å². The second-order valence-electron chi connectivity index (χ2n) is 10.4. The van der Waals surface area contributed by atoms with Gasteiger partial charge in [0.15, 0.2) is 0 Å². The van der Waals surface area contributed by atoms with Crippen molar-refractivity contribution < 1.29 is 4.74 Å². The van der Waals surface area contributed by atoms with Gasteiger partial charge in [-0.3, -0.25) is 0 Å². The monoisotopic (exact) mass is 601 g/mol. The Balaban J connectivity index is 1.43. The van der Waals surface area contributed by atoms with E-state index in [1.807, 2.05) is 0 Å². The molecule has 4 heteroatoms. The maximum Gasteiger partial charge on any atom is 0.0946 e. The van der Waals surface area contributed by atoms with E-state index in [2.05, 4.69) is 142 Å². The molecule has 1 saturated carbocycles. The van der Waals surface area contributed by atoms with Crippen molar-refractivity contribution in [3.63, 3.8) is 0 Å². The molecule has 0 atom stereocenters. The van der Waals surface area contributed by atoms with Gasteiger partial charge in [-0.15, -0.1) is 0 Å². The summed E-state index contributed by atoms with van der Waals surface area (Å²) in [5, 5.41) is 0. The summed E-state index contributed by atoms with van der Waals surface area (Å²) < 4.78 is 8.88. The lowest BCUT2D eigenvalue weighted by Gasteiger charge is -2.28. The first-order valence-electron chi connectivity index (χ1n) is 12.6. The number of nitrogens with zero attached hydrogens (tertiary/aromatic N) is 1. The third-order valence-corrected chi connectivity index (χ3v) is 8.69. The third kappa shape index (κ3) is 4.23. The summed E-state index contributed by atoms with van der Waals surface area (Å²) in [6.07, 6.45) is 4.77. The van der Waals surface area contributed by atoms with E-state index in [9.17, 15) is 0 Å². The maximum atomic E-state index is 6.74. The molecule has 2 nitrogen and oxygen atoms in total. The average molecular weight is 603 g/mol. The third-order valence-electron chi connectivity index (χ3n) is 7.63. The van der Waals surface area contributed by atoms with Crippen LogP contribution in [0.5, 0.6) is 0 Å². The molecule has 6 rings (SSSR count). The molecule has 182 valence electrons. The number of anilines is 3. The lowest BCUT2D eigenvalue weighted by Crippen LogP contribution is -2.25. The van der Waals surface area contributed by atoms with Crippen LogP contribution < -0.4 is 4.90 Å². The Kier molecular flexibility index (Phi) is 6.10. The molecule has 0 radical (unpaired) electrons. The number of hydrogen-bond acceptors (Lipinski definition) is 2. The molecule has 0 unspecified atom stereocenters. The summed E-state index contributed by atoms with van der Waals surface area (Å²) in [5.41, 5.74) is 8.18. The largest absolute Gasteiger partial charge is 0.360 e. The predicted molar refractivity (Wildman–Crippen MR) is 156 cm³/mol. The number of halogens is 2. The van der Waals surface area contributed by atoms with Crippen LogP contribution in [0.2, 0.25) is 0 Å². The van der Waals surface area contributed by atoms with E-state index in [0.717, 1.165) is 38.8 Å². The second-order valence-corrected chi connectivity index (χ2v) is 12.2. The summed E-state index contributed by atoms with van der Waals surface area (Å²) in [7, 11) is 0. The van der Waals surface area contributed by atoms with Crippen LogP contribution in [0.3, 0.4) is 0 Å². The van der Waals surface area contributed by atoms with E-state index in [4.69, 9.17) is 4.74 Å². The molecule has 1 aliphatic heterocycles. The Morgan fingerprint density at radius 3 is 1.83 bits per heavy atom. The summed E-state index contributed by atoms with van der Waals surface area (Å²) >= 11 is 7.16. The van der Waals surface area contributed by atoms with Crippen LogP contribution in [0.25, 0.3) is 11.1 Å². The number of benzene rings is 4. The van der Waals surface area contributed by atoms with Crippen LogP contribution in [-0.4, -0.2) is 0 Å². The normalized spacial score (nSPS) is 17.3. The summed E-state index contributed by atoms with van der Waals surface area (Å²) in [6.45, 7) is 4.45. The molecule has 4 aromatic carbocycles. The van der Waals surface area contributed by atoms with Crippen molar-refractivity contribution in [1.82, 2.24) is 0 Å². The number of fused-ring (bicyclic) bond motifs is 2. The molecule has 1 spiro atoms. The van der Waals surface area contributed by atoms with Crippen LogP contribution in [0.4, 0.5) is 17.1 Å². The van der Waals surface area contributed by atoms with E-state index in [1.54, 1.807) is 0 Å². The zero-order chi connectivity index (χ0) is 24.9. The number of hydrogen-bond donors (Lipinski definition) is 0. The molecule has 0 N–H and O–H groups in total. The predicted octanol–water partition coefficient (Wildman–Crippen LogP) is 10.4. The molecule has 2 aliphatic rings. The van der Waals surface area contributed by atoms with E-state index >= 15 is 0 Å². The molecule has 0 amide bonds. The molecule has 0 aromatic heterocycles. The van der Waals surface area contributed by atoms with Gasteiger partial charge in [-0.05, 0) is 116 Å². The van der Waals surface area contributed by atoms with E-state index in [-0.39, 0.29) is 11.2 Å². The fourth-order valence-electron chi connectivity index (χ4n) is 5.99. The van der Waals surface area contributed by atoms with Crippen LogP contribution in [0.1, 0.15) is 50.7 Å². The minimum absolute atomic E-state index is 0.0841. The molecule has 36 heavy (non-hydrogen) atoms. The van der Waals surface area contributed by atoms with Gasteiger partial charge in [-0.1, -0.05) is 69.0 Å². The van der Waals surface area contributed by atoms with E-state index in [1.165, 1.54) is 35.1 Å².